The van der Waals surface area contributed by atoms with Crippen LogP contribution in [-0.2, 0) is 0 Å². The van der Waals surface area contributed by atoms with Gasteiger partial charge in [0.05, 0.1) is 12.5 Å². The van der Waals surface area contributed by atoms with E-state index in [1.807, 2.05) is 30.3 Å². The molecule has 1 aromatic heterocycles. The number of methoxy groups -OCH3 is 1. The Bertz CT molecular complexity index is 1020. The van der Waals surface area contributed by atoms with Crippen molar-refractivity contribution in [2.24, 2.45) is 0 Å². The number of phenolic OH excluding ortho intramolecular Hbond substituents is 2. The fourth-order valence-corrected chi connectivity index (χ4v) is 2.89. The van der Waals surface area contributed by atoms with E-state index in [-0.39, 0.29) is 11.5 Å². The highest BCUT2D eigenvalue weighted by atomic mass is 16.5. The van der Waals surface area contributed by atoms with Crippen molar-refractivity contribution in [2.75, 3.05) is 7.11 Å². The summed E-state index contributed by atoms with van der Waals surface area (Å²) >= 11 is 0. The molecule has 0 saturated carbocycles. The van der Waals surface area contributed by atoms with Crippen molar-refractivity contribution >= 4 is 21.9 Å². The van der Waals surface area contributed by atoms with Crippen LogP contribution < -0.4 is 4.74 Å². The highest BCUT2D eigenvalue weighted by Gasteiger charge is 2.20. The number of furan rings is 1. The van der Waals surface area contributed by atoms with E-state index in [0.29, 0.717) is 33.3 Å². The lowest BCUT2D eigenvalue weighted by molar-refractivity contribution is 0.418. The number of ether oxygens (including phenoxy) is 1. The Morgan fingerprint density at radius 2 is 1.74 bits per heavy atom. The Labute approximate surface area is 132 Å². The molecular formula is C19H14O4. The Kier molecular flexibility index (Phi) is 2.91. The zero-order valence-corrected chi connectivity index (χ0v) is 12.4. The van der Waals surface area contributed by atoms with Crippen LogP contribution in [0.15, 0.2) is 59.0 Å². The molecule has 0 aliphatic rings. The Morgan fingerprint density at radius 3 is 2.48 bits per heavy atom. The van der Waals surface area contributed by atoms with Gasteiger partial charge in [0.15, 0.2) is 11.3 Å². The van der Waals surface area contributed by atoms with E-state index in [9.17, 15) is 10.2 Å². The van der Waals surface area contributed by atoms with Crippen molar-refractivity contribution < 1.29 is 19.4 Å². The maximum atomic E-state index is 10.7. The summed E-state index contributed by atoms with van der Waals surface area (Å²) in [6.45, 7) is 0. The fourth-order valence-electron chi connectivity index (χ4n) is 2.89. The SMILES string of the molecule is COc1cc(-c2ccccc2)c(O)c2oc3ccc(O)cc3c12. The molecule has 3 aromatic carbocycles. The second-order valence-electron chi connectivity index (χ2n) is 5.33. The van der Waals surface area contributed by atoms with Gasteiger partial charge in [-0.3, -0.25) is 0 Å². The van der Waals surface area contributed by atoms with Gasteiger partial charge in [0.2, 0.25) is 0 Å². The standard InChI is InChI=1S/C19H14O4/c1-22-16-10-13(11-5-3-2-4-6-11)18(21)19-17(16)14-9-12(20)7-8-15(14)23-19/h2-10,20-21H,1H3. The van der Waals surface area contributed by atoms with Crippen molar-refractivity contribution in [2.45, 2.75) is 0 Å². The maximum absolute atomic E-state index is 10.7. The maximum Gasteiger partial charge on any atom is 0.181 e. The van der Waals surface area contributed by atoms with Crippen molar-refractivity contribution in [1.29, 1.82) is 0 Å². The average Bonchev–Trinajstić information content (AvgIpc) is 2.96. The van der Waals surface area contributed by atoms with Crippen LogP contribution in [0.1, 0.15) is 0 Å². The first-order valence-electron chi connectivity index (χ1n) is 7.19. The van der Waals surface area contributed by atoms with Crippen molar-refractivity contribution in [3.8, 4) is 28.4 Å². The number of benzene rings is 3. The number of aromatic hydroxyl groups is 2. The first-order valence-corrected chi connectivity index (χ1v) is 7.19. The number of hydrogen-bond donors (Lipinski definition) is 2. The van der Waals surface area contributed by atoms with Gasteiger partial charge in [-0.25, -0.2) is 0 Å². The molecule has 4 nitrogen and oxygen atoms in total. The Balaban J connectivity index is 2.13. The van der Waals surface area contributed by atoms with Gasteiger partial charge in [0.1, 0.15) is 17.1 Å². The van der Waals surface area contributed by atoms with Gasteiger partial charge in [-0.2, -0.15) is 0 Å². The molecule has 0 amide bonds. The van der Waals surface area contributed by atoms with E-state index in [2.05, 4.69) is 0 Å². The van der Waals surface area contributed by atoms with Crippen LogP contribution >= 0.6 is 0 Å². The molecule has 114 valence electrons. The highest BCUT2D eigenvalue weighted by molar-refractivity contribution is 6.12. The highest BCUT2D eigenvalue weighted by Crippen LogP contribution is 2.46. The minimum Gasteiger partial charge on any atom is -0.508 e. The molecule has 1 heterocycles. The summed E-state index contributed by atoms with van der Waals surface area (Å²) in [5, 5.41) is 21.8. The monoisotopic (exact) mass is 306 g/mol. The third-order valence-electron chi connectivity index (χ3n) is 3.97. The van der Waals surface area contributed by atoms with Gasteiger partial charge >= 0.3 is 0 Å². The minimum atomic E-state index is 0.0580. The second kappa shape index (κ2) is 4.95. The molecule has 0 fully saturated rings. The van der Waals surface area contributed by atoms with Crippen LogP contribution in [0.25, 0.3) is 33.1 Å². The van der Waals surface area contributed by atoms with Crippen LogP contribution in [0.2, 0.25) is 0 Å². The molecule has 0 saturated heterocycles. The third-order valence-corrected chi connectivity index (χ3v) is 3.97. The topological polar surface area (TPSA) is 62.8 Å². The number of fused-ring (bicyclic) bond motifs is 3. The predicted molar refractivity (Wildman–Crippen MR) is 89.0 cm³/mol. The average molecular weight is 306 g/mol. The molecule has 0 unspecified atom stereocenters. The van der Waals surface area contributed by atoms with Crippen LogP contribution in [0.4, 0.5) is 0 Å². The largest absolute Gasteiger partial charge is 0.508 e. The van der Waals surface area contributed by atoms with Gasteiger partial charge in [-0.15, -0.1) is 0 Å². The van der Waals surface area contributed by atoms with Crippen LogP contribution in [0.3, 0.4) is 0 Å². The molecular weight excluding hydrogens is 292 g/mol. The fraction of sp³-hybridized carbons (Fsp3) is 0.0526. The minimum absolute atomic E-state index is 0.0580. The van der Waals surface area contributed by atoms with Crippen molar-refractivity contribution in [3.63, 3.8) is 0 Å². The van der Waals surface area contributed by atoms with Crippen molar-refractivity contribution in [3.05, 3.63) is 54.6 Å². The lowest BCUT2D eigenvalue weighted by atomic mass is 10.0. The molecule has 0 spiro atoms. The summed E-state index contributed by atoms with van der Waals surface area (Å²) in [5.74, 6) is 0.776. The summed E-state index contributed by atoms with van der Waals surface area (Å²) in [6.07, 6.45) is 0. The Hall–Kier alpha value is -3.14. The first-order chi connectivity index (χ1) is 11.2. The molecule has 4 rings (SSSR count). The molecule has 0 aliphatic carbocycles. The quantitative estimate of drug-likeness (QED) is 0.565. The van der Waals surface area contributed by atoms with Crippen molar-refractivity contribution in [1.82, 2.24) is 0 Å². The van der Waals surface area contributed by atoms with Gasteiger partial charge in [0, 0.05) is 10.9 Å². The van der Waals surface area contributed by atoms with Crippen LogP contribution in [-0.4, -0.2) is 17.3 Å². The predicted octanol–water partition coefficient (Wildman–Crippen LogP) is 4.67. The molecule has 0 aliphatic heterocycles. The number of phenols is 2. The van der Waals surface area contributed by atoms with E-state index >= 15 is 0 Å². The molecule has 0 bridgehead atoms. The molecule has 4 heteroatoms. The Morgan fingerprint density at radius 1 is 0.957 bits per heavy atom. The van der Waals surface area contributed by atoms with Crippen LogP contribution in [0, 0.1) is 0 Å². The van der Waals surface area contributed by atoms with Crippen LogP contribution in [0.5, 0.6) is 17.2 Å². The second-order valence-corrected chi connectivity index (χ2v) is 5.33. The molecule has 0 radical (unpaired) electrons. The lowest BCUT2D eigenvalue weighted by Gasteiger charge is -2.09. The number of rotatable bonds is 2. The zero-order valence-electron chi connectivity index (χ0n) is 12.4. The summed E-state index contributed by atoms with van der Waals surface area (Å²) in [6, 6.07) is 16.2. The number of hydrogen-bond acceptors (Lipinski definition) is 4. The first kappa shape index (κ1) is 13.5. The van der Waals surface area contributed by atoms with E-state index in [1.165, 1.54) is 0 Å². The zero-order chi connectivity index (χ0) is 16.0. The van der Waals surface area contributed by atoms with Gasteiger partial charge in [-0.1, -0.05) is 30.3 Å². The van der Waals surface area contributed by atoms with Gasteiger partial charge in [-0.05, 0) is 29.8 Å². The lowest BCUT2D eigenvalue weighted by Crippen LogP contribution is -1.87. The summed E-state index contributed by atoms with van der Waals surface area (Å²) in [7, 11) is 1.57. The molecule has 2 N–H and O–H groups in total. The molecule has 23 heavy (non-hydrogen) atoms. The van der Waals surface area contributed by atoms with Gasteiger partial charge < -0.3 is 19.4 Å². The summed E-state index contributed by atoms with van der Waals surface area (Å²) in [4.78, 5) is 0. The summed E-state index contributed by atoms with van der Waals surface area (Å²) < 4.78 is 11.3. The van der Waals surface area contributed by atoms with E-state index in [1.54, 1.807) is 31.4 Å². The third kappa shape index (κ3) is 1.99. The van der Waals surface area contributed by atoms with E-state index < -0.39 is 0 Å². The molecule has 4 aromatic rings. The smallest absolute Gasteiger partial charge is 0.181 e. The van der Waals surface area contributed by atoms with E-state index in [0.717, 1.165) is 5.56 Å². The summed E-state index contributed by atoms with van der Waals surface area (Å²) in [5.41, 5.74) is 2.44. The molecule has 0 atom stereocenters. The normalized spacial score (nSPS) is 11.2. The van der Waals surface area contributed by atoms with E-state index in [4.69, 9.17) is 9.15 Å². The van der Waals surface area contributed by atoms with Gasteiger partial charge in [0.25, 0.3) is 0 Å².